The highest BCUT2D eigenvalue weighted by molar-refractivity contribution is 9.10. The average Bonchev–Trinajstić information content (AvgIpc) is 2.84. The zero-order valence-corrected chi connectivity index (χ0v) is 12.6. The van der Waals surface area contributed by atoms with Crippen molar-refractivity contribution in [2.24, 2.45) is 0 Å². The van der Waals surface area contributed by atoms with Crippen molar-refractivity contribution in [2.75, 3.05) is 6.61 Å². The first kappa shape index (κ1) is 14.6. The zero-order valence-electron chi connectivity index (χ0n) is 11.0. The number of hydrogen-bond acceptors (Lipinski definition) is 5. The first-order valence-electron chi connectivity index (χ1n) is 6.03. The Kier molecular flexibility index (Phi) is 5.16. The second-order valence-corrected chi connectivity index (χ2v) is 5.00. The normalized spacial score (nSPS) is 10.2. The van der Waals surface area contributed by atoms with E-state index in [4.69, 9.17) is 15.7 Å². The number of aryl methyl sites for hydroxylation is 1. The van der Waals surface area contributed by atoms with Crippen LogP contribution >= 0.6 is 15.9 Å². The Hall–Kier alpha value is -1.84. The van der Waals surface area contributed by atoms with E-state index in [0.29, 0.717) is 24.8 Å². The van der Waals surface area contributed by atoms with Gasteiger partial charge in [0.1, 0.15) is 12.4 Å². The summed E-state index contributed by atoms with van der Waals surface area (Å²) in [7, 11) is 0. The minimum Gasteiger partial charge on any atom is -0.481 e. The van der Waals surface area contributed by atoms with Gasteiger partial charge in [0.25, 0.3) is 0 Å². The van der Waals surface area contributed by atoms with Crippen molar-refractivity contribution < 1.29 is 9.26 Å². The number of terminal acetylenes is 1. The lowest BCUT2D eigenvalue weighted by Crippen LogP contribution is -2.14. The van der Waals surface area contributed by atoms with Gasteiger partial charge in [-0.1, -0.05) is 27.0 Å². The molecule has 1 heterocycles. The van der Waals surface area contributed by atoms with Crippen LogP contribution in [-0.2, 0) is 13.1 Å². The number of rotatable bonds is 6. The van der Waals surface area contributed by atoms with Crippen molar-refractivity contribution in [3.05, 3.63) is 40.0 Å². The molecule has 1 aromatic heterocycles. The Bertz CT molecular complexity index is 619. The lowest BCUT2D eigenvalue weighted by Gasteiger charge is -2.10. The number of aromatic nitrogens is 2. The maximum Gasteiger partial charge on any atom is 0.240 e. The van der Waals surface area contributed by atoms with E-state index in [0.717, 1.165) is 15.8 Å². The number of ether oxygens (including phenoxy) is 1. The van der Waals surface area contributed by atoms with E-state index in [1.54, 1.807) is 6.92 Å². The van der Waals surface area contributed by atoms with Gasteiger partial charge in [-0.2, -0.15) is 4.98 Å². The molecule has 6 heteroatoms. The summed E-state index contributed by atoms with van der Waals surface area (Å²) < 4.78 is 11.5. The Morgan fingerprint density at radius 1 is 1.45 bits per heavy atom. The molecule has 1 aromatic carbocycles. The molecule has 0 unspecified atom stereocenters. The van der Waals surface area contributed by atoms with Crippen LogP contribution in [0.5, 0.6) is 5.75 Å². The number of nitrogens with zero attached hydrogens (tertiary/aromatic N) is 2. The topological polar surface area (TPSA) is 60.2 Å². The third kappa shape index (κ3) is 4.08. The standard InChI is InChI=1S/C14H14BrN3O2/c1-3-6-19-13-5-4-12(15)7-11(13)8-16-9-14-17-10(2)18-20-14/h1,4-5,7,16H,6,8-9H2,2H3. The highest BCUT2D eigenvalue weighted by Crippen LogP contribution is 2.23. The molecule has 0 amide bonds. The van der Waals surface area contributed by atoms with E-state index in [9.17, 15) is 0 Å². The largest absolute Gasteiger partial charge is 0.481 e. The summed E-state index contributed by atoms with van der Waals surface area (Å²) in [6.07, 6.45) is 5.21. The van der Waals surface area contributed by atoms with Gasteiger partial charge in [-0.25, -0.2) is 0 Å². The molecular weight excluding hydrogens is 322 g/mol. The zero-order chi connectivity index (χ0) is 14.4. The van der Waals surface area contributed by atoms with Gasteiger partial charge < -0.3 is 14.6 Å². The summed E-state index contributed by atoms with van der Waals surface area (Å²) in [6, 6.07) is 5.78. The first-order chi connectivity index (χ1) is 9.69. The third-order valence-corrected chi connectivity index (χ3v) is 2.99. The molecule has 0 bridgehead atoms. The van der Waals surface area contributed by atoms with E-state index < -0.39 is 0 Å². The number of nitrogens with one attached hydrogen (secondary N) is 1. The van der Waals surface area contributed by atoms with Crippen LogP contribution in [0.3, 0.4) is 0 Å². The molecule has 0 aliphatic heterocycles. The third-order valence-electron chi connectivity index (χ3n) is 2.49. The van der Waals surface area contributed by atoms with Crippen LogP contribution in [0.25, 0.3) is 0 Å². The molecule has 0 saturated heterocycles. The molecule has 0 aliphatic rings. The monoisotopic (exact) mass is 335 g/mol. The van der Waals surface area contributed by atoms with Crippen molar-refractivity contribution in [3.63, 3.8) is 0 Å². The predicted octanol–water partition coefficient (Wildman–Crippen LogP) is 2.44. The second kappa shape index (κ2) is 7.08. The van der Waals surface area contributed by atoms with Crippen molar-refractivity contribution >= 4 is 15.9 Å². The lowest BCUT2D eigenvalue weighted by atomic mass is 10.2. The summed E-state index contributed by atoms with van der Waals surface area (Å²) in [4.78, 5) is 4.12. The maximum atomic E-state index is 5.50. The van der Waals surface area contributed by atoms with Gasteiger partial charge in [0, 0.05) is 16.6 Å². The smallest absolute Gasteiger partial charge is 0.240 e. The summed E-state index contributed by atoms with van der Waals surface area (Å²) in [5.41, 5.74) is 1.01. The van der Waals surface area contributed by atoms with Gasteiger partial charge in [0.2, 0.25) is 5.89 Å². The first-order valence-corrected chi connectivity index (χ1v) is 6.83. The molecule has 1 N–H and O–H groups in total. The number of halogens is 1. The van der Waals surface area contributed by atoms with E-state index >= 15 is 0 Å². The number of benzene rings is 1. The van der Waals surface area contributed by atoms with Crippen LogP contribution in [0.4, 0.5) is 0 Å². The van der Waals surface area contributed by atoms with Crippen LogP contribution in [0.15, 0.2) is 27.2 Å². The minimum absolute atomic E-state index is 0.248. The molecule has 0 fully saturated rings. The summed E-state index contributed by atoms with van der Waals surface area (Å²) in [5, 5.41) is 6.96. The molecule has 0 saturated carbocycles. The minimum atomic E-state index is 0.248. The molecule has 104 valence electrons. The van der Waals surface area contributed by atoms with Crippen LogP contribution < -0.4 is 10.1 Å². The summed E-state index contributed by atoms with van der Waals surface area (Å²) in [5.74, 6) is 4.41. The fourth-order valence-corrected chi connectivity index (χ4v) is 2.07. The van der Waals surface area contributed by atoms with Crippen molar-refractivity contribution in [1.82, 2.24) is 15.5 Å². The molecule has 2 rings (SSSR count). The van der Waals surface area contributed by atoms with E-state index in [2.05, 4.69) is 37.3 Å². The van der Waals surface area contributed by atoms with E-state index in [1.807, 2.05) is 18.2 Å². The molecule has 0 radical (unpaired) electrons. The van der Waals surface area contributed by atoms with Crippen molar-refractivity contribution in [2.45, 2.75) is 20.0 Å². The van der Waals surface area contributed by atoms with E-state index in [1.165, 1.54) is 0 Å². The maximum absolute atomic E-state index is 5.50. The van der Waals surface area contributed by atoms with Gasteiger partial charge in [-0.3, -0.25) is 0 Å². The second-order valence-electron chi connectivity index (χ2n) is 4.08. The molecule has 0 spiro atoms. The SMILES string of the molecule is C#CCOc1ccc(Br)cc1CNCc1nc(C)no1. The molecule has 0 atom stereocenters. The fourth-order valence-electron chi connectivity index (χ4n) is 1.66. The van der Waals surface area contributed by atoms with Gasteiger partial charge in [-0.05, 0) is 25.1 Å². The highest BCUT2D eigenvalue weighted by Gasteiger charge is 2.06. The van der Waals surface area contributed by atoms with Crippen molar-refractivity contribution in [3.8, 4) is 18.1 Å². The highest BCUT2D eigenvalue weighted by atomic mass is 79.9. The molecule has 5 nitrogen and oxygen atoms in total. The van der Waals surface area contributed by atoms with Gasteiger partial charge in [0.05, 0.1) is 6.54 Å². The van der Waals surface area contributed by atoms with Gasteiger partial charge in [-0.15, -0.1) is 6.42 Å². The molecule has 0 aliphatic carbocycles. The van der Waals surface area contributed by atoms with Gasteiger partial charge >= 0.3 is 0 Å². The summed E-state index contributed by atoms with van der Waals surface area (Å²) >= 11 is 3.44. The number of hydrogen-bond donors (Lipinski definition) is 1. The lowest BCUT2D eigenvalue weighted by molar-refractivity contribution is 0.356. The molecule has 20 heavy (non-hydrogen) atoms. The Balaban J connectivity index is 1.97. The molecular formula is C14H14BrN3O2. The van der Waals surface area contributed by atoms with E-state index in [-0.39, 0.29) is 6.61 Å². The van der Waals surface area contributed by atoms with Crippen LogP contribution in [0, 0.1) is 19.3 Å². The Labute approximate surface area is 125 Å². The van der Waals surface area contributed by atoms with Crippen molar-refractivity contribution in [1.29, 1.82) is 0 Å². The molecule has 2 aromatic rings. The predicted molar refractivity (Wildman–Crippen MR) is 78.0 cm³/mol. The Morgan fingerprint density at radius 2 is 2.30 bits per heavy atom. The van der Waals surface area contributed by atoms with Gasteiger partial charge in [0.15, 0.2) is 5.82 Å². The summed E-state index contributed by atoms with van der Waals surface area (Å²) in [6.45, 7) is 3.15. The van der Waals surface area contributed by atoms with Crippen LogP contribution in [-0.4, -0.2) is 16.7 Å². The van der Waals surface area contributed by atoms with Crippen LogP contribution in [0.1, 0.15) is 17.3 Å². The quantitative estimate of drug-likeness (QED) is 0.821. The Morgan fingerprint density at radius 3 is 3.00 bits per heavy atom. The fraction of sp³-hybridized carbons (Fsp3) is 0.286. The average molecular weight is 336 g/mol. The van der Waals surface area contributed by atoms with Crippen LogP contribution in [0.2, 0.25) is 0 Å².